The quantitative estimate of drug-likeness (QED) is 0.417. The molecule has 0 unspecified atom stereocenters. The van der Waals surface area contributed by atoms with Gasteiger partial charge in [-0.15, -0.1) is 0 Å². The van der Waals surface area contributed by atoms with Crippen LogP contribution in [-0.2, 0) is 9.59 Å². The molecule has 0 saturated heterocycles. The zero-order valence-corrected chi connectivity index (χ0v) is 9.31. The summed E-state index contributed by atoms with van der Waals surface area (Å²) < 4.78 is 18.2. The van der Waals surface area contributed by atoms with Crippen LogP contribution in [0.15, 0.2) is 30.0 Å². The van der Waals surface area contributed by atoms with Gasteiger partial charge in [0.1, 0.15) is 11.6 Å². The van der Waals surface area contributed by atoms with Crippen LogP contribution in [0.5, 0.6) is 5.75 Å². The van der Waals surface area contributed by atoms with Gasteiger partial charge in [-0.3, -0.25) is 0 Å². The molecule has 0 saturated carbocycles. The second-order valence-corrected chi connectivity index (χ2v) is 3.16. The summed E-state index contributed by atoms with van der Waals surface area (Å²) >= 11 is 0. The van der Waals surface area contributed by atoms with Gasteiger partial charge in [-0.05, 0) is 12.1 Å². The molecule has 0 aliphatic carbocycles. The molecule has 6 nitrogen and oxygen atoms in total. The SMILES string of the molecule is COc1ccc(NC=C(C(=O)O)C(=O)O)c(F)c1. The van der Waals surface area contributed by atoms with Gasteiger partial charge in [-0.1, -0.05) is 0 Å². The van der Waals surface area contributed by atoms with Crippen LogP contribution in [-0.4, -0.2) is 29.3 Å². The summed E-state index contributed by atoms with van der Waals surface area (Å²) in [5, 5.41) is 19.4. The number of hydrogen-bond acceptors (Lipinski definition) is 4. The first-order chi connectivity index (χ1) is 8.45. The number of methoxy groups -OCH3 is 1. The highest BCUT2D eigenvalue weighted by molar-refractivity contribution is 6.12. The van der Waals surface area contributed by atoms with Crippen LogP contribution >= 0.6 is 0 Å². The minimum absolute atomic E-state index is 0.0594. The third-order valence-corrected chi connectivity index (χ3v) is 2.01. The average molecular weight is 255 g/mol. The van der Waals surface area contributed by atoms with Crippen molar-refractivity contribution in [1.29, 1.82) is 0 Å². The maximum Gasteiger partial charge on any atom is 0.344 e. The van der Waals surface area contributed by atoms with Crippen LogP contribution in [0.3, 0.4) is 0 Å². The molecule has 0 spiro atoms. The standard InChI is InChI=1S/C11H10FNO5/c1-18-6-2-3-9(8(12)4-6)13-5-7(10(14)15)11(16)17/h2-5,13H,1H3,(H,14,15)(H,16,17). The van der Waals surface area contributed by atoms with Gasteiger partial charge < -0.3 is 20.3 Å². The highest BCUT2D eigenvalue weighted by atomic mass is 19.1. The number of anilines is 1. The van der Waals surface area contributed by atoms with Gasteiger partial charge in [0.2, 0.25) is 0 Å². The fourth-order valence-corrected chi connectivity index (χ4v) is 1.10. The first kappa shape index (κ1) is 13.5. The first-order valence-corrected chi connectivity index (χ1v) is 4.72. The van der Waals surface area contributed by atoms with Crippen LogP contribution in [0.4, 0.5) is 10.1 Å². The Morgan fingerprint density at radius 1 is 1.33 bits per heavy atom. The van der Waals surface area contributed by atoms with Gasteiger partial charge >= 0.3 is 11.9 Å². The van der Waals surface area contributed by atoms with Crippen LogP contribution in [0.2, 0.25) is 0 Å². The van der Waals surface area contributed by atoms with E-state index in [9.17, 15) is 14.0 Å². The molecule has 0 amide bonds. The average Bonchev–Trinajstić information content (AvgIpc) is 2.30. The van der Waals surface area contributed by atoms with E-state index in [1.165, 1.54) is 19.2 Å². The number of carboxylic acid groups (broad SMARTS) is 2. The fourth-order valence-electron chi connectivity index (χ4n) is 1.10. The van der Waals surface area contributed by atoms with Crippen molar-refractivity contribution in [2.75, 3.05) is 12.4 Å². The normalized spacial score (nSPS) is 9.44. The van der Waals surface area contributed by atoms with E-state index in [1.54, 1.807) is 0 Å². The van der Waals surface area contributed by atoms with E-state index in [0.717, 1.165) is 6.07 Å². The number of halogens is 1. The van der Waals surface area contributed by atoms with Gasteiger partial charge in [0.05, 0.1) is 12.8 Å². The molecule has 7 heteroatoms. The number of hydrogen-bond donors (Lipinski definition) is 3. The van der Waals surface area contributed by atoms with Gasteiger partial charge in [-0.2, -0.15) is 0 Å². The lowest BCUT2D eigenvalue weighted by Crippen LogP contribution is -2.13. The van der Waals surface area contributed by atoms with Crippen molar-refractivity contribution in [3.8, 4) is 5.75 Å². The molecule has 0 radical (unpaired) electrons. The van der Waals surface area contributed by atoms with Gasteiger partial charge in [0.25, 0.3) is 0 Å². The molecule has 1 rings (SSSR count). The maximum atomic E-state index is 13.4. The summed E-state index contributed by atoms with van der Waals surface area (Å²) in [4.78, 5) is 21.1. The highest BCUT2D eigenvalue weighted by Crippen LogP contribution is 2.20. The number of ether oxygens (including phenoxy) is 1. The molecule has 0 bridgehead atoms. The minimum Gasteiger partial charge on any atom is -0.497 e. The summed E-state index contributed by atoms with van der Waals surface area (Å²) in [5.41, 5.74) is -0.957. The van der Waals surface area contributed by atoms with E-state index >= 15 is 0 Å². The zero-order chi connectivity index (χ0) is 13.7. The predicted octanol–water partition coefficient (Wildman–Crippen LogP) is 1.30. The number of benzene rings is 1. The summed E-state index contributed by atoms with van der Waals surface area (Å²) in [6.07, 6.45) is 0.704. The molecule has 1 aromatic carbocycles. The second-order valence-electron chi connectivity index (χ2n) is 3.16. The van der Waals surface area contributed by atoms with Gasteiger partial charge in [-0.25, -0.2) is 14.0 Å². The third kappa shape index (κ3) is 3.21. The third-order valence-electron chi connectivity index (χ3n) is 2.01. The van der Waals surface area contributed by atoms with Gasteiger partial charge in [0.15, 0.2) is 5.57 Å². The Labute approximate surface area is 101 Å². The van der Waals surface area contributed by atoms with Crippen LogP contribution in [0, 0.1) is 5.82 Å². The number of carboxylic acids is 2. The molecule has 0 aromatic heterocycles. The summed E-state index contributed by atoms with van der Waals surface area (Å²) in [6.45, 7) is 0. The Bertz CT molecular complexity index is 496. The summed E-state index contributed by atoms with van der Waals surface area (Å²) in [5.74, 6) is -3.65. The van der Waals surface area contributed by atoms with Crippen molar-refractivity contribution >= 4 is 17.6 Å². The molecule has 18 heavy (non-hydrogen) atoms. The summed E-state index contributed by atoms with van der Waals surface area (Å²) in [7, 11) is 1.37. The van der Waals surface area contributed by atoms with Crippen LogP contribution < -0.4 is 10.1 Å². The van der Waals surface area contributed by atoms with Crippen LogP contribution in [0.1, 0.15) is 0 Å². The molecule has 0 atom stereocenters. The van der Waals surface area contributed by atoms with E-state index in [4.69, 9.17) is 14.9 Å². The van der Waals surface area contributed by atoms with E-state index in [0.29, 0.717) is 11.9 Å². The number of carbonyl (C=O) groups is 2. The van der Waals surface area contributed by atoms with Crippen LogP contribution in [0.25, 0.3) is 0 Å². The van der Waals surface area contributed by atoms with Crippen molar-refractivity contribution < 1.29 is 28.9 Å². The minimum atomic E-state index is -1.62. The Hall–Kier alpha value is -2.57. The van der Waals surface area contributed by atoms with Crippen molar-refractivity contribution in [3.05, 3.63) is 35.8 Å². The Balaban J connectivity index is 2.94. The van der Waals surface area contributed by atoms with E-state index in [-0.39, 0.29) is 5.69 Å². The first-order valence-electron chi connectivity index (χ1n) is 4.72. The van der Waals surface area contributed by atoms with E-state index < -0.39 is 23.3 Å². The van der Waals surface area contributed by atoms with Gasteiger partial charge in [0, 0.05) is 12.3 Å². The fraction of sp³-hybridized carbons (Fsp3) is 0.0909. The van der Waals surface area contributed by atoms with Crippen molar-refractivity contribution in [1.82, 2.24) is 0 Å². The Morgan fingerprint density at radius 2 is 1.94 bits per heavy atom. The molecule has 0 aliphatic heterocycles. The van der Waals surface area contributed by atoms with E-state index in [1.807, 2.05) is 0 Å². The van der Waals surface area contributed by atoms with Crippen molar-refractivity contribution in [2.24, 2.45) is 0 Å². The largest absolute Gasteiger partial charge is 0.497 e. The van der Waals surface area contributed by atoms with Crippen molar-refractivity contribution in [3.63, 3.8) is 0 Å². The Kier molecular flexibility index (Phi) is 4.25. The lowest BCUT2D eigenvalue weighted by molar-refractivity contribution is -0.140. The molecule has 96 valence electrons. The number of nitrogens with one attached hydrogen (secondary N) is 1. The second kappa shape index (κ2) is 5.67. The molecule has 0 aliphatic rings. The Morgan fingerprint density at radius 3 is 2.39 bits per heavy atom. The molecule has 1 aromatic rings. The molecule has 3 N–H and O–H groups in total. The molecular formula is C11H10FNO5. The summed E-state index contributed by atoms with van der Waals surface area (Å²) in [6, 6.07) is 3.82. The lowest BCUT2D eigenvalue weighted by atomic mass is 10.2. The van der Waals surface area contributed by atoms with E-state index in [2.05, 4.69) is 5.32 Å². The molecule has 0 heterocycles. The topological polar surface area (TPSA) is 95.9 Å². The number of rotatable bonds is 5. The maximum absolute atomic E-state index is 13.4. The number of aliphatic carboxylic acids is 2. The highest BCUT2D eigenvalue weighted by Gasteiger charge is 2.15. The lowest BCUT2D eigenvalue weighted by Gasteiger charge is -2.05. The monoisotopic (exact) mass is 255 g/mol. The smallest absolute Gasteiger partial charge is 0.344 e. The molecular weight excluding hydrogens is 245 g/mol. The van der Waals surface area contributed by atoms with Crippen molar-refractivity contribution in [2.45, 2.75) is 0 Å². The zero-order valence-electron chi connectivity index (χ0n) is 9.31. The molecule has 0 fully saturated rings. The predicted molar refractivity (Wildman–Crippen MR) is 59.9 cm³/mol.